The second kappa shape index (κ2) is 9.59. The van der Waals surface area contributed by atoms with Crippen LogP contribution in [0.25, 0.3) is 0 Å². The quantitative estimate of drug-likeness (QED) is 0.575. The van der Waals surface area contributed by atoms with Gasteiger partial charge in [-0.05, 0) is 35.9 Å². The monoisotopic (exact) mass is 418 g/mol. The molecule has 10 heteroatoms. The number of anilines is 2. The molecular formula is C20H20F2N4O4. The lowest BCUT2D eigenvalue weighted by Crippen LogP contribution is -2.39. The minimum atomic E-state index is -1.31. The minimum Gasteiger partial charge on any atom is -0.357 e. The van der Waals surface area contributed by atoms with Crippen LogP contribution in [0.4, 0.5) is 20.2 Å². The smallest absolute Gasteiger partial charge is 0.252 e. The summed E-state index contributed by atoms with van der Waals surface area (Å²) in [5, 5.41) is 9.80. The number of rotatable bonds is 6. The van der Waals surface area contributed by atoms with Gasteiger partial charge >= 0.3 is 0 Å². The first-order valence-electron chi connectivity index (χ1n) is 8.78. The lowest BCUT2D eigenvalue weighted by molar-refractivity contribution is -0.122. The number of carbonyl (C=O) groups excluding carboxylic acids is 4. The van der Waals surface area contributed by atoms with Crippen LogP contribution in [0.3, 0.4) is 0 Å². The van der Waals surface area contributed by atoms with Crippen molar-refractivity contribution in [1.29, 1.82) is 0 Å². The predicted molar refractivity (Wildman–Crippen MR) is 106 cm³/mol. The van der Waals surface area contributed by atoms with E-state index in [4.69, 9.17) is 0 Å². The molecule has 0 fully saturated rings. The van der Waals surface area contributed by atoms with Crippen LogP contribution in [-0.2, 0) is 14.4 Å². The van der Waals surface area contributed by atoms with Crippen LogP contribution in [0.1, 0.15) is 35.8 Å². The highest BCUT2D eigenvalue weighted by Gasteiger charge is 2.24. The van der Waals surface area contributed by atoms with Gasteiger partial charge in [-0.3, -0.25) is 19.2 Å². The van der Waals surface area contributed by atoms with E-state index in [-0.39, 0.29) is 22.5 Å². The van der Waals surface area contributed by atoms with E-state index in [2.05, 4.69) is 21.3 Å². The Bertz CT molecular complexity index is 976. The molecule has 0 saturated carbocycles. The molecule has 0 aliphatic heterocycles. The zero-order valence-electron chi connectivity index (χ0n) is 16.4. The van der Waals surface area contributed by atoms with Crippen molar-refractivity contribution < 1.29 is 28.0 Å². The fraction of sp³-hybridized carbons (Fsp3) is 0.200. The van der Waals surface area contributed by atoms with Gasteiger partial charge in [0.25, 0.3) is 5.91 Å². The Kier molecular flexibility index (Phi) is 7.18. The summed E-state index contributed by atoms with van der Waals surface area (Å²) in [4.78, 5) is 47.8. The maximum Gasteiger partial charge on any atom is 0.252 e. The Morgan fingerprint density at radius 1 is 0.833 bits per heavy atom. The summed E-state index contributed by atoms with van der Waals surface area (Å²) in [7, 11) is 1.33. The van der Waals surface area contributed by atoms with Crippen LogP contribution in [-0.4, -0.2) is 30.7 Å². The molecule has 1 atom stereocenters. The number of likely N-dealkylation sites (N-methyl/N-ethyl adjacent to an activating group) is 1. The maximum absolute atomic E-state index is 13.6. The Morgan fingerprint density at radius 3 is 1.87 bits per heavy atom. The van der Waals surface area contributed by atoms with Gasteiger partial charge in [0, 0.05) is 37.8 Å². The van der Waals surface area contributed by atoms with Crippen LogP contribution in [0, 0.1) is 11.6 Å². The van der Waals surface area contributed by atoms with Gasteiger partial charge in [0.15, 0.2) is 11.6 Å². The third kappa shape index (κ3) is 5.84. The lowest BCUT2D eigenvalue weighted by Gasteiger charge is -2.19. The number of carbonyl (C=O) groups is 4. The Hall–Kier alpha value is -3.82. The molecule has 4 N–H and O–H groups in total. The highest BCUT2D eigenvalue weighted by molar-refractivity contribution is 6.01. The molecule has 30 heavy (non-hydrogen) atoms. The topological polar surface area (TPSA) is 116 Å². The van der Waals surface area contributed by atoms with Crippen molar-refractivity contribution in [3.05, 3.63) is 59.2 Å². The molecule has 1 unspecified atom stereocenters. The third-order valence-electron chi connectivity index (χ3n) is 3.90. The summed E-state index contributed by atoms with van der Waals surface area (Å²) < 4.78 is 26.9. The average molecular weight is 418 g/mol. The molecule has 2 rings (SSSR count). The first-order valence-corrected chi connectivity index (χ1v) is 8.78. The van der Waals surface area contributed by atoms with E-state index in [1.54, 1.807) is 0 Å². The van der Waals surface area contributed by atoms with Gasteiger partial charge < -0.3 is 21.3 Å². The Balaban J connectivity index is 2.40. The third-order valence-corrected chi connectivity index (χ3v) is 3.90. The summed E-state index contributed by atoms with van der Waals surface area (Å²) in [5.74, 6) is -4.46. The normalized spacial score (nSPS) is 11.2. The van der Waals surface area contributed by atoms with Crippen molar-refractivity contribution in [2.24, 2.45) is 0 Å². The van der Waals surface area contributed by atoms with Gasteiger partial charge in [0.05, 0.1) is 0 Å². The molecule has 158 valence electrons. The molecule has 2 aromatic rings. The SMILES string of the molecule is CNC(=O)C(NC(=O)c1cc(NC(C)=O)cc(NC(C)=O)c1)c1ccc(F)c(F)c1. The number of hydrogen-bond donors (Lipinski definition) is 4. The molecule has 0 aliphatic carbocycles. The number of amides is 4. The number of hydrogen-bond acceptors (Lipinski definition) is 4. The molecule has 0 aromatic heterocycles. The molecule has 8 nitrogen and oxygen atoms in total. The molecule has 0 bridgehead atoms. The standard InChI is InChI=1S/C20H20F2N4O4/c1-10(27)24-14-6-13(7-15(9-14)25-11(2)28)19(29)26-18(20(30)23-3)12-4-5-16(21)17(22)8-12/h4-9,18H,1-3H3,(H,23,30)(H,24,27)(H,25,28)(H,26,29). The van der Waals surface area contributed by atoms with Crippen molar-refractivity contribution in [3.63, 3.8) is 0 Å². The first kappa shape index (κ1) is 22.5. The van der Waals surface area contributed by atoms with E-state index in [1.165, 1.54) is 45.2 Å². The lowest BCUT2D eigenvalue weighted by atomic mass is 10.0. The summed E-state index contributed by atoms with van der Waals surface area (Å²) >= 11 is 0. The number of nitrogens with one attached hydrogen (secondary N) is 4. The van der Waals surface area contributed by atoms with Crippen molar-refractivity contribution in [2.75, 3.05) is 17.7 Å². The van der Waals surface area contributed by atoms with E-state index in [0.29, 0.717) is 0 Å². The molecule has 0 radical (unpaired) electrons. The van der Waals surface area contributed by atoms with Gasteiger partial charge in [0.1, 0.15) is 6.04 Å². The molecule has 0 spiro atoms. The van der Waals surface area contributed by atoms with E-state index in [9.17, 15) is 28.0 Å². The summed E-state index contributed by atoms with van der Waals surface area (Å²) in [6.07, 6.45) is 0. The van der Waals surface area contributed by atoms with Crippen LogP contribution in [0.2, 0.25) is 0 Å². The second-order valence-electron chi connectivity index (χ2n) is 6.36. The van der Waals surface area contributed by atoms with Crippen LogP contribution in [0.15, 0.2) is 36.4 Å². The van der Waals surface area contributed by atoms with Crippen LogP contribution in [0.5, 0.6) is 0 Å². The minimum absolute atomic E-state index is 0.0153. The Morgan fingerprint density at radius 2 is 1.40 bits per heavy atom. The van der Waals surface area contributed by atoms with Crippen LogP contribution < -0.4 is 21.3 Å². The van der Waals surface area contributed by atoms with E-state index in [0.717, 1.165) is 12.1 Å². The molecule has 0 saturated heterocycles. The van der Waals surface area contributed by atoms with Gasteiger partial charge in [-0.15, -0.1) is 0 Å². The van der Waals surface area contributed by atoms with Gasteiger partial charge in [-0.2, -0.15) is 0 Å². The summed E-state index contributed by atoms with van der Waals surface area (Å²) in [5.41, 5.74) is 0.523. The highest BCUT2D eigenvalue weighted by Crippen LogP contribution is 2.22. The number of halogens is 2. The summed E-state index contributed by atoms with van der Waals surface area (Å²) in [6.45, 7) is 2.55. The van der Waals surface area contributed by atoms with Crippen molar-refractivity contribution >= 4 is 35.0 Å². The Labute approximate surface area is 171 Å². The van der Waals surface area contributed by atoms with Crippen molar-refractivity contribution in [3.8, 4) is 0 Å². The molecular weight excluding hydrogens is 398 g/mol. The van der Waals surface area contributed by atoms with E-state index < -0.39 is 41.3 Å². The van der Waals surface area contributed by atoms with Gasteiger partial charge in [0.2, 0.25) is 17.7 Å². The molecule has 0 heterocycles. The highest BCUT2D eigenvalue weighted by atomic mass is 19.2. The molecule has 2 aromatic carbocycles. The van der Waals surface area contributed by atoms with Crippen LogP contribution >= 0.6 is 0 Å². The van der Waals surface area contributed by atoms with E-state index in [1.807, 2.05) is 0 Å². The number of benzene rings is 2. The molecule has 4 amide bonds. The summed E-state index contributed by atoms with van der Waals surface area (Å²) in [6, 6.07) is 5.65. The maximum atomic E-state index is 13.6. The van der Waals surface area contributed by atoms with Crippen molar-refractivity contribution in [2.45, 2.75) is 19.9 Å². The zero-order valence-corrected chi connectivity index (χ0v) is 16.4. The molecule has 0 aliphatic rings. The fourth-order valence-corrected chi connectivity index (χ4v) is 2.66. The fourth-order valence-electron chi connectivity index (χ4n) is 2.66. The van der Waals surface area contributed by atoms with E-state index >= 15 is 0 Å². The largest absolute Gasteiger partial charge is 0.357 e. The zero-order chi connectivity index (χ0) is 22.4. The van der Waals surface area contributed by atoms with Gasteiger partial charge in [-0.1, -0.05) is 6.07 Å². The predicted octanol–water partition coefficient (Wildman–Crippen LogP) is 2.10. The van der Waals surface area contributed by atoms with Crippen molar-refractivity contribution in [1.82, 2.24) is 10.6 Å². The average Bonchev–Trinajstić information content (AvgIpc) is 2.66. The first-order chi connectivity index (χ1) is 14.1. The second-order valence-corrected chi connectivity index (χ2v) is 6.36. The van der Waals surface area contributed by atoms with Gasteiger partial charge in [-0.25, -0.2) is 8.78 Å².